The molecule has 0 bridgehead atoms. The molecule has 2 nitrogen and oxygen atoms in total. The molecule has 0 heterocycles. The van der Waals surface area contributed by atoms with Crippen LogP contribution in [0, 0.1) is 0 Å². The fourth-order valence-corrected chi connectivity index (χ4v) is 1.42. The molecule has 0 unspecified atom stereocenters. The number of benzene rings is 1. The molecule has 0 aliphatic heterocycles. The van der Waals surface area contributed by atoms with Gasteiger partial charge in [0, 0.05) is 19.2 Å². The lowest BCUT2D eigenvalue weighted by Gasteiger charge is -2.06. The van der Waals surface area contributed by atoms with Gasteiger partial charge in [0.25, 0.3) is 6.43 Å². The number of rotatable bonds is 7. The van der Waals surface area contributed by atoms with Crippen LogP contribution in [0.15, 0.2) is 24.3 Å². The van der Waals surface area contributed by atoms with Crippen LogP contribution in [0.4, 0.5) is 8.78 Å². The van der Waals surface area contributed by atoms with E-state index < -0.39 is 6.43 Å². The normalized spacial score (nSPS) is 11.0. The highest BCUT2D eigenvalue weighted by atomic mass is 19.3. The minimum atomic E-state index is -2.39. The average molecular weight is 229 g/mol. The summed E-state index contributed by atoms with van der Waals surface area (Å²) in [6.45, 7) is 2.22. The molecule has 0 aliphatic rings. The summed E-state index contributed by atoms with van der Waals surface area (Å²) < 4.78 is 29.7. The maximum Gasteiger partial charge on any atom is 0.263 e. The molecule has 1 aromatic rings. The second-order valence-electron chi connectivity index (χ2n) is 3.54. The van der Waals surface area contributed by atoms with Crippen LogP contribution in [0.5, 0.6) is 0 Å². The predicted octanol–water partition coefficient (Wildman–Crippen LogP) is 2.40. The Kier molecular flexibility index (Phi) is 5.96. The zero-order valence-corrected chi connectivity index (χ0v) is 9.38. The monoisotopic (exact) mass is 229 g/mol. The van der Waals surface area contributed by atoms with Gasteiger partial charge in [-0.15, -0.1) is 0 Å². The van der Waals surface area contributed by atoms with Crippen molar-refractivity contribution >= 4 is 0 Å². The molecule has 0 atom stereocenters. The van der Waals surface area contributed by atoms with E-state index in [4.69, 9.17) is 4.74 Å². The van der Waals surface area contributed by atoms with Crippen LogP contribution in [0.25, 0.3) is 0 Å². The number of halogens is 2. The molecule has 0 radical (unpaired) electrons. The summed E-state index contributed by atoms with van der Waals surface area (Å²) >= 11 is 0. The first-order valence-corrected chi connectivity index (χ1v) is 5.30. The predicted molar refractivity (Wildman–Crippen MR) is 59.8 cm³/mol. The lowest BCUT2D eigenvalue weighted by molar-refractivity contribution is 0.151. The zero-order valence-electron chi connectivity index (χ0n) is 9.38. The first-order chi connectivity index (χ1) is 7.74. The summed E-state index contributed by atoms with van der Waals surface area (Å²) in [6, 6.07) is 6.55. The van der Waals surface area contributed by atoms with E-state index in [1.165, 1.54) is 6.07 Å². The van der Waals surface area contributed by atoms with E-state index in [0.717, 1.165) is 25.1 Å². The number of methoxy groups -OCH3 is 1. The van der Waals surface area contributed by atoms with Crippen molar-refractivity contribution in [2.45, 2.75) is 12.8 Å². The highest BCUT2D eigenvalue weighted by Gasteiger charge is 2.06. The van der Waals surface area contributed by atoms with Crippen LogP contribution in [0.3, 0.4) is 0 Å². The van der Waals surface area contributed by atoms with Crippen molar-refractivity contribution in [1.29, 1.82) is 0 Å². The summed E-state index contributed by atoms with van der Waals surface area (Å²) in [5, 5.41) is 3.17. The standard InChI is InChI=1S/C12H17F2NO/c1-16-8-7-15-6-5-10-3-2-4-11(9-10)12(13)14/h2-4,9,12,15H,5-8H2,1H3. The molecule has 0 amide bonds. The second kappa shape index (κ2) is 7.30. The van der Waals surface area contributed by atoms with Gasteiger partial charge in [0.1, 0.15) is 0 Å². The Labute approximate surface area is 94.6 Å². The van der Waals surface area contributed by atoms with Crippen molar-refractivity contribution < 1.29 is 13.5 Å². The Morgan fingerprint density at radius 2 is 2.12 bits per heavy atom. The molecule has 16 heavy (non-hydrogen) atoms. The van der Waals surface area contributed by atoms with Crippen molar-refractivity contribution in [1.82, 2.24) is 5.32 Å². The second-order valence-corrected chi connectivity index (χ2v) is 3.54. The first-order valence-electron chi connectivity index (χ1n) is 5.30. The van der Waals surface area contributed by atoms with Gasteiger partial charge in [0.05, 0.1) is 6.61 Å². The minimum absolute atomic E-state index is 0.0920. The average Bonchev–Trinajstić information content (AvgIpc) is 2.29. The highest BCUT2D eigenvalue weighted by Crippen LogP contribution is 2.19. The van der Waals surface area contributed by atoms with E-state index in [9.17, 15) is 8.78 Å². The van der Waals surface area contributed by atoms with E-state index in [2.05, 4.69) is 5.32 Å². The third-order valence-corrected chi connectivity index (χ3v) is 2.28. The fraction of sp³-hybridized carbons (Fsp3) is 0.500. The summed E-state index contributed by atoms with van der Waals surface area (Å²) in [4.78, 5) is 0. The molecular weight excluding hydrogens is 212 g/mol. The molecule has 0 aromatic heterocycles. The van der Waals surface area contributed by atoms with Gasteiger partial charge < -0.3 is 10.1 Å². The molecule has 1 rings (SSSR count). The third kappa shape index (κ3) is 4.68. The van der Waals surface area contributed by atoms with Crippen LogP contribution in [-0.4, -0.2) is 26.8 Å². The van der Waals surface area contributed by atoms with Crippen molar-refractivity contribution in [2.75, 3.05) is 26.8 Å². The van der Waals surface area contributed by atoms with Gasteiger partial charge in [-0.25, -0.2) is 8.78 Å². The third-order valence-electron chi connectivity index (χ3n) is 2.28. The maximum absolute atomic E-state index is 12.4. The SMILES string of the molecule is COCCNCCc1cccc(C(F)F)c1. The van der Waals surface area contributed by atoms with Crippen molar-refractivity contribution in [2.24, 2.45) is 0 Å². The van der Waals surface area contributed by atoms with Crippen molar-refractivity contribution in [3.8, 4) is 0 Å². The summed E-state index contributed by atoms with van der Waals surface area (Å²) in [5.74, 6) is 0. The molecule has 0 saturated heterocycles. The van der Waals surface area contributed by atoms with Crippen LogP contribution in [0.2, 0.25) is 0 Å². The largest absolute Gasteiger partial charge is 0.383 e. The highest BCUT2D eigenvalue weighted by molar-refractivity contribution is 5.24. The summed E-state index contributed by atoms with van der Waals surface area (Å²) in [6.07, 6.45) is -1.63. The minimum Gasteiger partial charge on any atom is -0.383 e. The van der Waals surface area contributed by atoms with Crippen LogP contribution in [-0.2, 0) is 11.2 Å². The van der Waals surface area contributed by atoms with Gasteiger partial charge in [0.15, 0.2) is 0 Å². The first kappa shape index (κ1) is 13.1. The molecule has 0 aliphatic carbocycles. The number of nitrogens with one attached hydrogen (secondary N) is 1. The molecule has 0 saturated carbocycles. The van der Waals surface area contributed by atoms with Gasteiger partial charge in [0.2, 0.25) is 0 Å². The smallest absolute Gasteiger partial charge is 0.263 e. The van der Waals surface area contributed by atoms with Gasteiger partial charge >= 0.3 is 0 Å². The number of alkyl halides is 2. The quantitative estimate of drug-likeness (QED) is 0.725. The molecule has 0 fully saturated rings. The van der Waals surface area contributed by atoms with Gasteiger partial charge in [-0.2, -0.15) is 0 Å². The van der Waals surface area contributed by atoms with Crippen LogP contribution >= 0.6 is 0 Å². The zero-order chi connectivity index (χ0) is 11.8. The molecule has 0 spiro atoms. The lowest BCUT2D eigenvalue weighted by atomic mass is 10.1. The number of ether oxygens (including phenoxy) is 1. The van der Waals surface area contributed by atoms with Gasteiger partial charge in [-0.3, -0.25) is 0 Å². The van der Waals surface area contributed by atoms with Crippen LogP contribution < -0.4 is 5.32 Å². The Bertz CT molecular complexity index is 305. The van der Waals surface area contributed by atoms with Gasteiger partial charge in [-0.05, 0) is 18.5 Å². The van der Waals surface area contributed by atoms with Crippen molar-refractivity contribution in [3.63, 3.8) is 0 Å². The molecule has 1 aromatic carbocycles. The van der Waals surface area contributed by atoms with E-state index >= 15 is 0 Å². The molecule has 4 heteroatoms. The lowest BCUT2D eigenvalue weighted by Crippen LogP contribution is -2.21. The van der Waals surface area contributed by atoms with Gasteiger partial charge in [-0.1, -0.05) is 24.3 Å². The number of hydrogen-bond acceptors (Lipinski definition) is 2. The summed E-state index contributed by atoms with van der Waals surface area (Å²) in [7, 11) is 1.65. The van der Waals surface area contributed by atoms with Crippen LogP contribution in [0.1, 0.15) is 17.6 Å². The molecule has 1 N–H and O–H groups in total. The fourth-order valence-electron chi connectivity index (χ4n) is 1.42. The van der Waals surface area contributed by atoms with E-state index in [-0.39, 0.29) is 5.56 Å². The molecule has 90 valence electrons. The Balaban J connectivity index is 2.33. The van der Waals surface area contributed by atoms with E-state index in [1.807, 2.05) is 6.07 Å². The Hall–Kier alpha value is -1.00. The van der Waals surface area contributed by atoms with Crippen molar-refractivity contribution in [3.05, 3.63) is 35.4 Å². The Morgan fingerprint density at radius 1 is 1.31 bits per heavy atom. The van der Waals surface area contributed by atoms with E-state index in [0.29, 0.717) is 6.61 Å². The summed E-state index contributed by atoms with van der Waals surface area (Å²) in [5.41, 5.74) is 1.03. The Morgan fingerprint density at radius 3 is 2.81 bits per heavy atom. The topological polar surface area (TPSA) is 21.3 Å². The molecular formula is C12H17F2NO. The number of hydrogen-bond donors (Lipinski definition) is 1. The maximum atomic E-state index is 12.4. The van der Waals surface area contributed by atoms with E-state index in [1.54, 1.807) is 19.2 Å².